The molecule has 0 bridgehead atoms. The van der Waals surface area contributed by atoms with Gasteiger partial charge in [0.1, 0.15) is 11.8 Å². The van der Waals surface area contributed by atoms with E-state index < -0.39 is 12.0 Å². The van der Waals surface area contributed by atoms with Crippen LogP contribution < -0.4 is 26.8 Å². The molecule has 0 radical (unpaired) electrons. The lowest BCUT2D eigenvalue weighted by Crippen LogP contribution is -2.48. The number of nitrogens with two attached hydrogens (primary N) is 2. The smallest absolute Gasteiger partial charge is 0.243 e. The van der Waals surface area contributed by atoms with Crippen molar-refractivity contribution in [1.82, 2.24) is 10.6 Å². The van der Waals surface area contributed by atoms with Gasteiger partial charge in [0.05, 0.1) is 19.1 Å². The van der Waals surface area contributed by atoms with E-state index >= 15 is 0 Å². The molecule has 2 amide bonds. The first-order valence-electron chi connectivity index (χ1n) is 12.3. The van der Waals surface area contributed by atoms with Crippen molar-refractivity contribution in [2.45, 2.75) is 37.8 Å². The van der Waals surface area contributed by atoms with Crippen molar-refractivity contribution in [3.05, 3.63) is 102 Å². The fourth-order valence-corrected chi connectivity index (χ4v) is 4.10. The van der Waals surface area contributed by atoms with Crippen molar-refractivity contribution in [2.75, 3.05) is 13.7 Å². The van der Waals surface area contributed by atoms with E-state index in [9.17, 15) is 9.59 Å². The molecule has 0 aromatic heterocycles. The molecule has 3 rings (SSSR count). The number of nitrogens with zero attached hydrogens (tertiary/aromatic N) is 1. The zero-order chi connectivity index (χ0) is 26.6. The molecule has 0 saturated heterocycles. The Balaban J connectivity index is 1.80. The Morgan fingerprint density at radius 2 is 1.38 bits per heavy atom. The molecule has 0 aliphatic rings. The highest BCUT2D eigenvalue weighted by atomic mass is 16.5. The number of guanidine groups is 1. The molecule has 2 atom stereocenters. The topological polar surface area (TPSA) is 132 Å². The Morgan fingerprint density at radius 3 is 1.89 bits per heavy atom. The van der Waals surface area contributed by atoms with Crippen LogP contribution in [0.4, 0.5) is 0 Å². The lowest BCUT2D eigenvalue weighted by molar-refractivity contribution is -0.129. The zero-order valence-electron chi connectivity index (χ0n) is 21.3. The molecule has 0 heterocycles. The standard InChI is InChI=1S/C29H35N5O3/c1-20(21-15-17-24(37-2)18-16-21)33-27(35)25(14-9-19-32-29(30)31)34-28(36)26(22-10-5-3-6-11-22)23-12-7-4-8-13-23/h3-8,10-13,15-18,20,25-26H,9,14,19H2,1-2H3,(H,33,35)(H,34,36)(H4,30,31,32)/t20-,25+/m1/s1. The molecule has 37 heavy (non-hydrogen) atoms. The number of rotatable bonds is 12. The molecule has 3 aromatic rings. The highest BCUT2D eigenvalue weighted by Crippen LogP contribution is 2.25. The van der Waals surface area contributed by atoms with Crippen LogP contribution in [0.15, 0.2) is 89.9 Å². The van der Waals surface area contributed by atoms with E-state index in [2.05, 4.69) is 15.6 Å². The third-order valence-corrected chi connectivity index (χ3v) is 6.08. The van der Waals surface area contributed by atoms with Crippen molar-refractivity contribution < 1.29 is 14.3 Å². The minimum atomic E-state index is -0.766. The van der Waals surface area contributed by atoms with Gasteiger partial charge in [-0.2, -0.15) is 0 Å². The van der Waals surface area contributed by atoms with Crippen LogP contribution in [0.2, 0.25) is 0 Å². The van der Waals surface area contributed by atoms with E-state index in [-0.39, 0.29) is 23.8 Å². The number of aliphatic imine (C=N–C) groups is 1. The van der Waals surface area contributed by atoms with Gasteiger partial charge in [0.15, 0.2) is 5.96 Å². The monoisotopic (exact) mass is 501 g/mol. The Bertz CT molecular complexity index is 1120. The molecule has 0 spiro atoms. The molecule has 0 saturated carbocycles. The number of carbonyl (C=O) groups is 2. The summed E-state index contributed by atoms with van der Waals surface area (Å²) >= 11 is 0. The summed E-state index contributed by atoms with van der Waals surface area (Å²) in [6.45, 7) is 2.26. The van der Waals surface area contributed by atoms with Crippen LogP contribution in [0.5, 0.6) is 5.75 Å². The van der Waals surface area contributed by atoms with Crippen LogP contribution in [-0.4, -0.2) is 37.5 Å². The van der Waals surface area contributed by atoms with Crippen molar-refractivity contribution in [3.8, 4) is 5.75 Å². The second-order valence-corrected chi connectivity index (χ2v) is 8.77. The summed E-state index contributed by atoms with van der Waals surface area (Å²) in [5.41, 5.74) is 13.5. The second-order valence-electron chi connectivity index (χ2n) is 8.77. The third kappa shape index (κ3) is 8.10. The third-order valence-electron chi connectivity index (χ3n) is 6.08. The van der Waals surface area contributed by atoms with Crippen LogP contribution in [0.3, 0.4) is 0 Å². The largest absolute Gasteiger partial charge is 0.497 e. The molecule has 0 fully saturated rings. The maximum Gasteiger partial charge on any atom is 0.243 e. The molecule has 0 unspecified atom stereocenters. The first-order valence-corrected chi connectivity index (χ1v) is 12.3. The number of ether oxygens (including phenoxy) is 1. The average Bonchev–Trinajstić information content (AvgIpc) is 2.91. The van der Waals surface area contributed by atoms with Gasteiger partial charge in [0.2, 0.25) is 11.8 Å². The summed E-state index contributed by atoms with van der Waals surface area (Å²) in [7, 11) is 1.61. The molecule has 3 aromatic carbocycles. The van der Waals surface area contributed by atoms with Crippen molar-refractivity contribution in [3.63, 3.8) is 0 Å². The Labute approximate surface area is 218 Å². The van der Waals surface area contributed by atoms with Gasteiger partial charge in [-0.15, -0.1) is 0 Å². The quantitative estimate of drug-likeness (QED) is 0.172. The van der Waals surface area contributed by atoms with Gasteiger partial charge in [0.25, 0.3) is 0 Å². The molecule has 6 N–H and O–H groups in total. The van der Waals surface area contributed by atoms with Gasteiger partial charge in [-0.25, -0.2) is 0 Å². The predicted molar refractivity (Wildman–Crippen MR) is 146 cm³/mol. The molecule has 8 heteroatoms. The van der Waals surface area contributed by atoms with E-state index in [0.717, 1.165) is 22.4 Å². The maximum absolute atomic E-state index is 13.7. The Kier molecular flexibility index (Phi) is 10.1. The lowest BCUT2D eigenvalue weighted by Gasteiger charge is -2.25. The number of amides is 2. The average molecular weight is 502 g/mol. The number of hydrogen-bond acceptors (Lipinski definition) is 4. The van der Waals surface area contributed by atoms with Gasteiger partial charge in [-0.1, -0.05) is 72.8 Å². The fourth-order valence-electron chi connectivity index (χ4n) is 4.10. The molecule has 0 aliphatic carbocycles. The first kappa shape index (κ1) is 27.3. The SMILES string of the molecule is COc1ccc([C@@H](C)NC(=O)[C@H](CCCN=C(N)N)NC(=O)C(c2ccccc2)c2ccccc2)cc1. The summed E-state index contributed by atoms with van der Waals surface area (Å²) in [5.74, 6) is -0.362. The van der Waals surface area contributed by atoms with E-state index in [1.54, 1.807) is 7.11 Å². The van der Waals surface area contributed by atoms with Crippen molar-refractivity contribution in [2.24, 2.45) is 16.5 Å². The van der Waals surface area contributed by atoms with Crippen LogP contribution in [0.1, 0.15) is 48.4 Å². The van der Waals surface area contributed by atoms with Gasteiger partial charge in [-0.3, -0.25) is 14.6 Å². The predicted octanol–water partition coefficient (Wildman–Crippen LogP) is 3.24. The minimum Gasteiger partial charge on any atom is -0.497 e. The Hall–Kier alpha value is -4.33. The molecule has 194 valence electrons. The number of hydrogen-bond donors (Lipinski definition) is 4. The number of benzene rings is 3. The van der Waals surface area contributed by atoms with Crippen molar-refractivity contribution >= 4 is 17.8 Å². The van der Waals surface area contributed by atoms with Crippen LogP contribution in [-0.2, 0) is 9.59 Å². The summed E-state index contributed by atoms with van der Waals surface area (Å²) in [6, 6.07) is 25.5. The molecular weight excluding hydrogens is 466 g/mol. The van der Waals surface area contributed by atoms with Gasteiger partial charge in [-0.05, 0) is 48.6 Å². The van der Waals surface area contributed by atoms with E-state index in [1.807, 2.05) is 91.9 Å². The summed E-state index contributed by atoms with van der Waals surface area (Å²) in [5, 5.41) is 6.02. The number of nitrogens with one attached hydrogen (secondary N) is 2. The normalized spacial score (nSPS) is 12.3. The van der Waals surface area contributed by atoms with Gasteiger partial charge >= 0.3 is 0 Å². The summed E-state index contributed by atoms with van der Waals surface area (Å²) in [4.78, 5) is 31.0. The Morgan fingerprint density at radius 1 is 0.811 bits per heavy atom. The van der Waals surface area contributed by atoms with E-state index in [1.165, 1.54) is 0 Å². The van der Waals surface area contributed by atoms with E-state index in [4.69, 9.17) is 16.2 Å². The number of carbonyl (C=O) groups excluding carboxylic acids is 2. The van der Waals surface area contributed by atoms with Crippen LogP contribution in [0, 0.1) is 0 Å². The van der Waals surface area contributed by atoms with Gasteiger partial charge in [0, 0.05) is 6.54 Å². The molecule has 8 nitrogen and oxygen atoms in total. The fraction of sp³-hybridized carbons (Fsp3) is 0.276. The zero-order valence-corrected chi connectivity index (χ0v) is 21.3. The van der Waals surface area contributed by atoms with Crippen LogP contribution in [0.25, 0.3) is 0 Å². The molecular formula is C29H35N5O3. The summed E-state index contributed by atoms with van der Waals surface area (Å²) < 4.78 is 5.22. The van der Waals surface area contributed by atoms with Crippen LogP contribution >= 0.6 is 0 Å². The minimum absolute atomic E-state index is 0.00798. The maximum atomic E-state index is 13.7. The van der Waals surface area contributed by atoms with Crippen molar-refractivity contribution in [1.29, 1.82) is 0 Å². The molecule has 0 aliphatic heterocycles. The lowest BCUT2D eigenvalue weighted by atomic mass is 9.90. The van der Waals surface area contributed by atoms with Gasteiger partial charge < -0.3 is 26.8 Å². The van der Waals surface area contributed by atoms with E-state index in [0.29, 0.717) is 19.4 Å². The number of methoxy groups -OCH3 is 1. The highest BCUT2D eigenvalue weighted by Gasteiger charge is 2.28. The first-order chi connectivity index (χ1) is 17.9. The second kappa shape index (κ2) is 13.7. The highest BCUT2D eigenvalue weighted by molar-refractivity contribution is 5.92. The summed E-state index contributed by atoms with van der Waals surface area (Å²) in [6.07, 6.45) is 0.897.